The highest BCUT2D eigenvalue weighted by molar-refractivity contribution is 5.97. The molecular formula is C17H17F3N6O2. The van der Waals surface area contributed by atoms with E-state index in [0.717, 1.165) is 12.1 Å². The number of ether oxygens (including phenoxy) is 1. The van der Waals surface area contributed by atoms with Gasteiger partial charge in [-0.15, -0.1) is 0 Å². The highest BCUT2D eigenvalue weighted by Gasteiger charge is 2.31. The first kappa shape index (κ1) is 20.8. The smallest absolute Gasteiger partial charge is 0.416 e. The molecule has 2 rings (SSSR count). The maximum atomic E-state index is 12.9. The van der Waals surface area contributed by atoms with Crippen molar-refractivity contribution in [2.24, 2.45) is 0 Å². The van der Waals surface area contributed by atoms with Crippen molar-refractivity contribution in [1.29, 1.82) is 5.26 Å². The average Bonchev–Trinajstić information content (AvgIpc) is 2.65. The summed E-state index contributed by atoms with van der Waals surface area (Å²) in [5.41, 5.74) is 4.78. The van der Waals surface area contributed by atoms with Crippen LogP contribution in [0.2, 0.25) is 0 Å². The first-order valence-corrected chi connectivity index (χ1v) is 7.91. The molecule has 3 N–H and O–H groups in total. The first-order valence-electron chi connectivity index (χ1n) is 7.91. The Morgan fingerprint density at radius 1 is 1.39 bits per heavy atom. The molecular weight excluding hydrogens is 377 g/mol. The number of hydrogen-bond acceptors (Lipinski definition) is 7. The summed E-state index contributed by atoms with van der Waals surface area (Å²) in [5, 5.41) is 11.7. The van der Waals surface area contributed by atoms with Gasteiger partial charge in [-0.2, -0.15) is 28.4 Å². The first-order chi connectivity index (χ1) is 13.1. The minimum Gasteiger partial charge on any atom is -0.480 e. The minimum absolute atomic E-state index is 0.107. The van der Waals surface area contributed by atoms with Crippen molar-refractivity contribution in [2.75, 3.05) is 30.1 Å². The van der Waals surface area contributed by atoms with Gasteiger partial charge >= 0.3 is 6.18 Å². The molecule has 0 aliphatic carbocycles. The monoisotopic (exact) mass is 394 g/mol. The lowest BCUT2D eigenvalue weighted by Crippen LogP contribution is -2.40. The zero-order valence-electron chi connectivity index (χ0n) is 15.2. The third kappa shape index (κ3) is 4.40. The third-order valence-corrected chi connectivity index (χ3v) is 3.98. The average molecular weight is 394 g/mol. The number of anilines is 3. The fourth-order valence-corrected chi connectivity index (χ4v) is 2.32. The molecule has 0 unspecified atom stereocenters. The number of carbonyl (C=O) groups is 1. The van der Waals surface area contributed by atoms with E-state index in [2.05, 4.69) is 15.3 Å². The van der Waals surface area contributed by atoms with E-state index in [1.807, 2.05) is 6.07 Å². The van der Waals surface area contributed by atoms with E-state index >= 15 is 0 Å². The number of nitrogen functional groups attached to an aromatic ring is 1. The Hall–Kier alpha value is -3.55. The van der Waals surface area contributed by atoms with Crippen molar-refractivity contribution in [2.45, 2.75) is 19.1 Å². The number of amides is 1. The molecule has 2 aromatic rings. The van der Waals surface area contributed by atoms with Gasteiger partial charge in [0.15, 0.2) is 11.4 Å². The Kier molecular flexibility index (Phi) is 5.93. The zero-order chi connectivity index (χ0) is 21.1. The van der Waals surface area contributed by atoms with Gasteiger partial charge in [0, 0.05) is 12.7 Å². The number of nitrogens with one attached hydrogen (secondary N) is 1. The Balaban J connectivity index is 2.26. The highest BCUT2D eigenvalue weighted by Crippen LogP contribution is 2.32. The Bertz CT molecular complexity index is 926. The lowest BCUT2D eigenvalue weighted by atomic mass is 10.1. The van der Waals surface area contributed by atoms with Crippen LogP contribution in [0.25, 0.3) is 0 Å². The van der Waals surface area contributed by atoms with Crippen LogP contribution < -0.4 is 20.7 Å². The summed E-state index contributed by atoms with van der Waals surface area (Å²) in [6, 6.07) is 5.51. The molecule has 0 radical (unpaired) electrons. The van der Waals surface area contributed by atoms with Gasteiger partial charge in [-0.25, -0.2) is 0 Å². The standard InChI is InChI=1S/C17H17F3N6O2/c1-9(26(2)11-6-4-5-10(7-11)17(18,19)20)14(27)23-13-12(8-21)15(28-3)25-16(22)24-13/h4-7,9H,1-3H3,(H3,22,23,24,25,27)/t9-/m0/s1. The molecule has 28 heavy (non-hydrogen) atoms. The van der Waals surface area contributed by atoms with Gasteiger partial charge in [-0.05, 0) is 25.1 Å². The maximum absolute atomic E-state index is 12.9. The topological polar surface area (TPSA) is 117 Å². The molecule has 0 aliphatic rings. The summed E-state index contributed by atoms with van der Waals surface area (Å²) in [6.07, 6.45) is -4.50. The number of carbonyl (C=O) groups excluding carboxylic acids is 1. The summed E-state index contributed by atoms with van der Waals surface area (Å²) in [7, 11) is 2.75. The maximum Gasteiger partial charge on any atom is 0.416 e. The molecule has 1 amide bonds. The number of nitriles is 1. The van der Waals surface area contributed by atoms with Crippen LogP contribution in [0, 0.1) is 11.3 Å². The lowest BCUT2D eigenvalue weighted by Gasteiger charge is -2.26. The van der Waals surface area contributed by atoms with Crippen molar-refractivity contribution < 1.29 is 22.7 Å². The van der Waals surface area contributed by atoms with Gasteiger partial charge in [0.05, 0.1) is 12.7 Å². The van der Waals surface area contributed by atoms with Gasteiger partial charge in [0.1, 0.15) is 12.1 Å². The number of aromatic nitrogens is 2. The summed E-state index contributed by atoms with van der Waals surface area (Å²) < 4.78 is 43.7. The lowest BCUT2D eigenvalue weighted by molar-refractivity contribution is -0.137. The van der Waals surface area contributed by atoms with E-state index in [0.29, 0.717) is 0 Å². The molecule has 0 fully saturated rings. The summed E-state index contributed by atoms with van der Waals surface area (Å²) in [4.78, 5) is 21.5. The quantitative estimate of drug-likeness (QED) is 0.800. The van der Waals surface area contributed by atoms with E-state index in [9.17, 15) is 23.2 Å². The number of alkyl halides is 3. The van der Waals surface area contributed by atoms with Crippen molar-refractivity contribution in [3.63, 3.8) is 0 Å². The van der Waals surface area contributed by atoms with Crippen LogP contribution >= 0.6 is 0 Å². The van der Waals surface area contributed by atoms with Crippen molar-refractivity contribution in [3.8, 4) is 11.9 Å². The van der Waals surface area contributed by atoms with Gasteiger partial charge in [-0.1, -0.05) is 6.07 Å². The van der Waals surface area contributed by atoms with E-state index in [1.54, 1.807) is 0 Å². The normalized spacial score (nSPS) is 12.0. The summed E-state index contributed by atoms with van der Waals surface area (Å²) >= 11 is 0. The van der Waals surface area contributed by atoms with E-state index in [1.165, 1.54) is 38.1 Å². The minimum atomic E-state index is -4.50. The number of nitrogens with two attached hydrogens (primary N) is 1. The van der Waals surface area contributed by atoms with Crippen LogP contribution in [0.4, 0.5) is 30.6 Å². The fraction of sp³-hybridized carbons (Fsp3) is 0.294. The second-order valence-electron chi connectivity index (χ2n) is 5.75. The number of nitrogens with zero attached hydrogens (tertiary/aromatic N) is 4. The molecule has 148 valence electrons. The number of hydrogen-bond donors (Lipinski definition) is 2. The van der Waals surface area contributed by atoms with Gasteiger partial charge in [0.2, 0.25) is 17.7 Å². The molecule has 0 saturated carbocycles. The number of rotatable bonds is 5. The largest absolute Gasteiger partial charge is 0.480 e. The Morgan fingerprint density at radius 3 is 2.64 bits per heavy atom. The zero-order valence-corrected chi connectivity index (χ0v) is 15.2. The molecule has 1 aromatic heterocycles. The number of benzene rings is 1. The number of likely N-dealkylation sites (N-methyl/N-ethyl adjacent to an activating group) is 1. The van der Waals surface area contributed by atoms with Crippen molar-refractivity contribution in [3.05, 3.63) is 35.4 Å². The van der Waals surface area contributed by atoms with Gasteiger partial charge < -0.3 is 20.7 Å². The molecule has 0 spiro atoms. The van der Waals surface area contributed by atoms with Crippen LogP contribution in [-0.4, -0.2) is 36.1 Å². The van der Waals surface area contributed by atoms with Crippen molar-refractivity contribution >= 4 is 23.4 Å². The van der Waals surface area contributed by atoms with Crippen LogP contribution in [0.1, 0.15) is 18.1 Å². The summed E-state index contributed by atoms with van der Waals surface area (Å²) in [6.45, 7) is 1.49. The van der Waals surface area contributed by atoms with E-state index in [4.69, 9.17) is 10.5 Å². The molecule has 1 heterocycles. The molecule has 0 bridgehead atoms. The molecule has 8 nitrogen and oxygen atoms in total. The van der Waals surface area contributed by atoms with Gasteiger partial charge in [-0.3, -0.25) is 4.79 Å². The predicted molar refractivity (Wildman–Crippen MR) is 95.7 cm³/mol. The Labute approximate surface area is 158 Å². The Morgan fingerprint density at radius 2 is 2.07 bits per heavy atom. The molecule has 0 aliphatic heterocycles. The highest BCUT2D eigenvalue weighted by atomic mass is 19.4. The van der Waals surface area contributed by atoms with Crippen molar-refractivity contribution in [1.82, 2.24) is 9.97 Å². The van der Waals surface area contributed by atoms with Crippen LogP contribution in [-0.2, 0) is 11.0 Å². The second-order valence-corrected chi connectivity index (χ2v) is 5.75. The van der Waals surface area contributed by atoms with E-state index in [-0.39, 0.29) is 28.9 Å². The molecule has 1 aromatic carbocycles. The number of methoxy groups -OCH3 is 1. The number of halogens is 3. The van der Waals surface area contributed by atoms with Crippen LogP contribution in [0.15, 0.2) is 24.3 Å². The summed E-state index contributed by atoms with van der Waals surface area (Å²) in [5.74, 6) is -1.09. The van der Waals surface area contributed by atoms with Crippen LogP contribution in [0.3, 0.4) is 0 Å². The third-order valence-electron chi connectivity index (χ3n) is 3.98. The molecule has 1 atom stereocenters. The molecule has 0 saturated heterocycles. The fourth-order valence-electron chi connectivity index (χ4n) is 2.32. The van der Waals surface area contributed by atoms with Gasteiger partial charge in [0.25, 0.3) is 0 Å². The van der Waals surface area contributed by atoms with E-state index < -0.39 is 23.7 Å². The SMILES string of the molecule is COc1nc(N)nc(NC(=O)[C@H](C)N(C)c2cccc(C(F)(F)F)c2)c1C#N. The second kappa shape index (κ2) is 7.99. The molecule has 11 heteroatoms. The predicted octanol–water partition coefficient (Wildman–Crippen LogP) is 2.42. The van der Waals surface area contributed by atoms with Crippen LogP contribution in [0.5, 0.6) is 5.88 Å².